The first-order valence-electron chi connectivity index (χ1n) is 12.7. The zero-order chi connectivity index (χ0) is 26.7. The molecular weight excluding hydrogens is 480 g/mol. The summed E-state index contributed by atoms with van der Waals surface area (Å²) in [7, 11) is 3.29. The maximum Gasteiger partial charge on any atom is 0.317 e. The number of hydrogen-bond acceptors (Lipinski definition) is 6. The van der Waals surface area contributed by atoms with Crippen molar-refractivity contribution in [1.29, 1.82) is 5.26 Å². The van der Waals surface area contributed by atoms with E-state index in [-0.39, 0.29) is 12.1 Å². The first-order valence-corrected chi connectivity index (χ1v) is 12.7. The Labute approximate surface area is 224 Å². The number of carbonyl (C=O) groups excluding carboxylic acids is 1. The maximum absolute atomic E-state index is 12.7. The summed E-state index contributed by atoms with van der Waals surface area (Å²) in [5, 5.41) is 12.1. The van der Waals surface area contributed by atoms with Crippen LogP contribution in [0.25, 0.3) is 0 Å². The van der Waals surface area contributed by atoms with Gasteiger partial charge in [-0.1, -0.05) is 36.4 Å². The molecule has 3 aromatic carbocycles. The topological polar surface area (TPSA) is 87.1 Å². The number of carbonyl (C=O) groups is 1. The Balaban J connectivity index is 1.32. The highest BCUT2D eigenvalue weighted by atomic mass is 16.5. The van der Waals surface area contributed by atoms with Crippen LogP contribution in [0.15, 0.2) is 72.8 Å². The van der Waals surface area contributed by atoms with E-state index in [1.54, 1.807) is 26.4 Å². The van der Waals surface area contributed by atoms with Crippen LogP contribution in [0.5, 0.6) is 11.5 Å². The van der Waals surface area contributed by atoms with Crippen LogP contribution in [0.2, 0.25) is 0 Å². The van der Waals surface area contributed by atoms with Crippen LogP contribution in [0.3, 0.4) is 0 Å². The summed E-state index contributed by atoms with van der Waals surface area (Å²) in [6.45, 7) is 4.42. The molecule has 1 atom stereocenters. The Kier molecular flexibility index (Phi) is 9.57. The number of ether oxygens (including phenoxy) is 3. The second-order valence-corrected chi connectivity index (χ2v) is 9.18. The summed E-state index contributed by atoms with van der Waals surface area (Å²) < 4.78 is 17.0. The Morgan fingerprint density at radius 3 is 2.26 bits per heavy atom. The van der Waals surface area contributed by atoms with E-state index < -0.39 is 0 Å². The molecule has 198 valence electrons. The zero-order valence-corrected chi connectivity index (χ0v) is 21.9. The van der Waals surface area contributed by atoms with Crippen LogP contribution in [0, 0.1) is 11.3 Å². The number of piperazine rings is 1. The number of hydrogen-bond donors (Lipinski definition) is 1. The van der Waals surface area contributed by atoms with Crippen LogP contribution in [-0.4, -0.2) is 62.8 Å². The van der Waals surface area contributed by atoms with E-state index in [0.29, 0.717) is 38.3 Å². The van der Waals surface area contributed by atoms with Gasteiger partial charge in [-0.3, -0.25) is 4.90 Å². The van der Waals surface area contributed by atoms with Gasteiger partial charge in [0.2, 0.25) is 0 Å². The first kappa shape index (κ1) is 27.0. The van der Waals surface area contributed by atoms with Crippen molar-refractivity contribution in [1.82, 2.24) is 15.1 Å². The summed E-state index contributed by atoms with van der Waals surface area (Å²) >= 11 is 0. The number of amides is 2. The molecule has 1 aliphatic rings. The highest BCUT2D eigenvalue weighted by Crippen LogP contribution is 2.25. The van der Waals surface area contributed by atoms with Crippen molar-refractivity contribution in [3.05, 3.63) is 95.1 Å². The van der Waals surface area contributed by atoms with Crippen LogP contribution in [0.4, 0.5) is 4.79 Å². The van der Waals surface area contributed by atoms with Gasteiger partial charge < -0.3 is 24.4 Å². The Morgan fingerprint density at radius 2 is 1.61 bits per heavy atom. The van der Waals surface area contributed by atoms with Crippen LogP contribution in [-0.2, 0) is 17.9 Å². The normalized spacial score (nSPS) is 14.4. The fourth-order valence-corrected chi connectivity index (χ4v) is 4.37. The zero-order valence-electron chi connectivity index (χ0n) is 21.9. The minimum atomic E-state index is -0.170. The molecule has 0 bridgehead atoms. The van der Waals surface area contributed by atoms with E-state index in [9.17, 15) is 4.79 Å². The average Bonchev–Trinajstić information content (AvgIpc) is 2.98. The van der Waals surface area contributed by atoms with Crippen molar-refractivity contribution < 1.29 is 19.0 Å². The number of nitriles is 1. The molecule has 0 saturated carbocycles. The highest BCUT2D eigenvalue weighted by Gasteiger charge is 2.24. The number of nitrogens with zero attached hydrogens (tertiary/aromatic N) is 3. The largest absolute Gasteiger partial charge is 0.497 e. The standard InChI is InChI=1S/C30H34N4O4/c1-36-27-12-10-24(11-13-27)20-32-30(35)34-16-14-33(15-17-34)21-29(26-4-3-5-28(18-26)37-2)38-22-25-8-6-23(19-31)7-9-25/h3-13,18,29H,14-17,20-22H2,1-2H3,(H,32,35). The molecule has 0 aromatic heterocycles. The van der Waals surface area contributed by atoms with Gasteiger partial charge in [0.25, 0.3) is 0 Å². The molecule has 2 amide bonds. The predicted molar refractivity (Wildman–Crippen MR) is 145 cm³/mol. The molecule has 1 heterocycles. The van der Waals surface area contributed by atoms with E-state index >= 15 is 0 Å². The molecule has 0 spiro atoms. The van der Waals surface area contributed by atoms with Crippen LogP contribution >= 0.6 is 0 Å². The molecule has 8 nitrogen and oxygen atoms in total. The molecular formula is C30H34N4O4. The number of urea groups is 1. The SMILES string of the molecule is COc1ccc(CNC(=O)N2CCN(CC(OCc3ccc(C#N)cc3)c3cccc(OC)c3)CC2)cc1. The van der Waals surface area contributed by atoms with Gasteiger partial charge in [-0.25, -0.2) is 4.79 Å². The molecule has 0 radical (unpaired) electrons. The number of nitrogens with one attached hydrogen (secondary N) is 1. The quantitative estimate of drug-likeness (QED) is 0.433. The van der Waals surface area contributed by atoms with Gasteiger partial charge in [0.05, 0.1) is 38.6 Å². The van der Waals surface area contributed by atoms with Crippen molar-refractivity contribution >= 4 is 6.03 Å². The third-order valence-corrected chi connectivity index (χ3v) is 6.69. The van der Waals surface area contributed by atoms with Gasteiger partial charge in [-0.2, -0.15) is 5.26 Å². The lowest BCUT2D eigenvalue weighted by Crippen LogP contribution is -2.52. The molecule has 8 heteroatoms. The Bertz CT molecular complexity index is 1220. The molecule has 1 fully saturated rings. The van der Waals surface area contributed by atoms with Crippen LogP contribution < -0.4 is 14.8 Å². The predicted octanol–water partition coefficient (Wildman–Crippen LogP) is 4.36. The molecule has 3 aromatic rings. The lowest BCUT2D eigenvalue weighted by Gasteiger charge is -2.36. The van der Waals surface area contributed by atoms with Gasteiger partial charge >= 0.3 is 6.03 Å². The second-order valence-electron chi connectivity index (χ2n) is 9.18. The van der Waals surface area contributed by atoms with Crippen molar-refractivity contribution in [2.75, 3.05) is 46.9 Å². The fourth-order valence-electron chi connectivity index (χ4n) is 4.37. The van der Waals surface area contributed by atoms with Gasteiger partial charge in [0.15, 0.2) is 0 Å². The van der Waals surface area contributed by atoms with E-state index in [1.165, 1.54) is 0 Å². The third kappa shape index (κ3) is 7.48. The summed E-state index contributed by atoms with van der Waals surface area (Å²) in [4.78, 5) is 16.9. The van der Waals surface area contributed by atoms with Crippen molar-refractivity contribution in [3.63, 3.8) is 0 Å². The number of methoxy groups -OCH3 is 2. The highest BCUT2D eigenvalue weighted by molar-refractivity contribution is 5.74. The summed E-state index contributed by atoms with van der Waals surface area (Å²) in [5.74, 6) is 1.58. The number of rotatable bonds is 10. The molecule has 0 aliphatic carbocycles. The maximum atomic E-state index is 12.7. The monoisotopic (exact) mass is 514 g/mol. The van der Waals surface area contributed by atoms with Crippen molar-refractivity contribution in [2.45, 2.75) is 19.3 Å². The number of benzene rings is 3. The van der Waals surface area contributed by atoms with E-state index in [4.69, 9.17) is 19.5 Å². The first-order chi connectivity index (χ1) is 18.6. The van der Waals surface area contributed by atoms with Crippen LogP contribution in [0.1, 0.15) is 28.4 Å². The van der Waals surface area contributed by atoms with Gasteiger partial charge in [0, 0.05) is 39.3 Å². The summed E-state index contributed by atoms with van der Waals surface area (Å²) in [5.41, 5.74) is 3.70. The third-order valence-electron chi connectivity index (χ3n) is 6.69. The molecule has 38 heavy (non-hydrogen) atoms. The van der Waals surface area contributed by atoms with Crippen molar-refractivity contribution in [2.24, 2.45) is 0 Å². The Hall–Kier alpha value is -4.06. The van der Waals surface area contributed by atoms with E-state index in [0.717, 1.165) is 41.3 Å². The summed E-state index contributed by atoms with van der Waals surface area (Å²) in [6, 6.07) is 25.2. The lowest BCUT2D eigenvalue weighted by atomic mass is 10.1. The minimum Gasteiger partial charge on any atom is -0.497 e. The van der Waals surface area contributed by atoms with Gasteiger partial charge in [-0.15, -0.1) is 0 Å². The smallest absolute Gasteiger partial charge is 0.317 e. The van der Waals surface area contributed by atoms with Gasteiger partial charge in [-0.05, 0) is 53.1 Å². The fraction of sp³-hybridized carbons (Fsp3) is 0.333. The van der Waals surface area contributed by atoms with Gasteiger partial charge in [0.1, 0.15) is 11.5 Å². The van der Waals surface area contributed by atoms with Crippen molar-refractivity contribution in [3.8, 4) is 17.6 Å². The summed E-state index contributed by atoms with van der Waals surface area (Å²) in [6.07, 6.45) is -0.170. The molecule has 1 aliphatic heterocycles. The molecule has 4 rings (SSSR count). The Morgan fingerprint density at radius 1 is 0.921 bits per heavy atom. The van der Waals surface area contributed by atoms with E-state index in [2.05, 4.69) is 22.4 Å². The van der Waals surface area contributed by atoms with E-state index in [1.807, 2.05) is 59.5 Å². The lowest BCUT2D eigenvalue weighted by molar-refractivity contribution is 0.00546. The molecule has 1 saturated heterocycles. The average molecular weight is 515 g/mol. The molecule has 1 N–H and O–H groups in total. The minimum absolute atomic E-state index is 0.0538. The molecule has 1 unspecified atom stereocenters. The second kappa shape index (κ2) is 13.5.